The summed E-state index contributed by atoms with van der Waals surface area (Å²) < 4.78 is 5.57. The van der Waals surface area contributed by atoms with Crippen LogP contribution in [0.15, 0.2) is 18.2 Å². The van der Waals surface area contributed by atoms with Crippen LogP contribution in [0.3, 0.4) is 0 Å². The van der Waals surface area contributed by atoms with Crippen molar-refractivity contribution in [1.29, 1.82) is 0 Å². The van der Waals surface area contributed by atoms with Gasteiger partial charge in [0.05, 0.1) is 7.11 Å². The Balaban J connectivity index is 1.78. The van der Waals surface area contributed by atoms with Crippen LogP contribution >= 0.6 is 0 Å². The average Bonchev–Trinajstić information content (AvgIpc) is 2.75. The van der Waals surface area contributed by atoms with Crippen molar-refractivity contribution < 1.29 is 4.74 Å². The molecular formula is C22H34N2O. The number of likely N-dealkylation sites (tertiary alicyclic amines) is 1. The van der Waals surface area contributed by atoms with Gasteiger partial charge in [-0.3, -0.25) is 0 Å². The lowest BCUT2D eigenvalue weighted by atomic mass is 9.63. The van der Waals surface area contributed by atoms with E-state index in [2.05, 4.69) is 62.9 Å². The largest absolute Gasteiger partial charge is 0.497 e. The third kappa shape index (κ3) is 2.31. The molecular weight excluding hydrogens is 308 g/mol. The summed E-state index contributed by atoms with van der Waals surface area (Å²) in [7, 11) is 6.48. The summed E-state index contributed by atoms with van der Waals surface area (Å²) in [5.74, 6) is 1.76. The van der Waals surface area contributed by atoms with Gasteiger partial charge in [-0.2, -0.15) is 0 Å². The maximum Gasteiger partial charge on any atom is 0.119 e. The van der Waals surface area contributed by atoms with Crippen LogP contribution in [0.2, 0.25) is 0 Å². The highest BCUT2D eigenvalue weighted by Crippen LogP contribution is 2.64. The fourth-order valence-electron chi connectivity index (χ4n) is 6.65. The maximum atomic E-state index is 5.57. The van der Waals surface area contributed by atoms with Gasteiger partial charge in [0.1, 0.15) is 5.75 Å². The van der Waals surface area contributed by atoms with Crippen molar-refractivity contribution in [3.8, 4) is 5.75 Å². The zero-order valence-corrected chi connectivity index (χ0v) is 16.8. The summed E-state index contributed by atoms with van der Waals surface area (Å²) in [6.07, 6.45) is 3.82. The molecule has 2 fully saturated rings. The minimum atomic E-state index is 0.222. The minimum absolute atomic E-state index is 0.222. The highest BCUT2D eigenvalue weighted by atomic mass is 16.5. The molecule has 3 nitrogen and oxygen atoms in total. The lowest BCUT2D eigenvalue weighted by Gasteiger charge is -2.55. The molecule has 3 unspecified atom stereocenters. The van der Waals surface area contributed by atoms with Crippen LogP contribution in [0.5, 0.6) is 5.75 Å². The molecule has 2 bridgehead atoms. The second-order valence-electron chi connectivity index (χ2n) is 9.41. The standard InChI is InChI=1S/C22H34N2O/c1-7-15(2)12-23(4)19-20-22(14-24(20)5)11-16-8-9-17(25-6)10-18(16)21(19,3)13-22/h8-10,15,19-20H,7,11-14H2,1-6H3/t15?,19-,20?,21+,22?/m0/s1. The van der Waals surface area contributed by atoms with Crippen LogP contribution < -0.4 is 4.74 Å². The quantitative estimate of drug-likeness (QED) is 0.814. The van der Waals surface area contributed by atoms with E-state index >= 15 is 0 Å². The minimum Gasteiger partial charge on any atom is -0.497 e. The van der Waals surface area contributed by atoms with Crippen molar-refractivity contribution in [3.05, 3.63) is 29.3 Å². The van der Waals surface area contributed by atoms with Crippen LogP contribution in [-0.2, 0) is 11.8 Å². The Morgan fingerprint density at radius 2 is 2.16 bits per heavy atom. The molecule has 1 aromatic rings. The molecule has 25 heavy (non-hydrogen) atoms. The normalized spacial score (nSPS) is 37.4. The Morgan fingerprint density at radius 1 is 1.40 bits per heavy atom. The van der Waals surface area contributed by atoms with Gasteiger partial charge in [0.2, 0.25) is 0 Å². The molecule has 1 aromatic carbocycles. The Labute approximate surface area is 153 Å². The van der Waals surface area contributed by atoms with Crippen molar-refractivity contribution in [2.24, 2.45) is 11.3 Å². The van der Waals surface area contributed by atoms with E-state index in [1.165, 1.54) is 32.4 Å². The number of fused-ring (bicyclic) bond motifs is 3. The Kier molecular flexibility index (Phi) is 3.97. The number of hydrogen-bond acceptors (Lipinski definition) is 3. The highest BCUT2D eigenvalue weighted by Gasteiger charge is 2.69. The molecule has 1 saturated heterocycles. The summed E-state index contributed by atoms with van der Waals surface area (Å²) in [5, 5.41) is 0. The van der Waals surface area contributed by atoms with Gasteiger partial charge >= 0.3 is 0 Å². The Morgan fingerprint density at radius 3 is 2.80 bits per heavy atom. The van der Waals surface area contributed by atoms with Crippen LogP contribution in [0.4, 0.5) is 0 Å². The third-order valence-corrected chi connectivity index (χ3v) is 7.58. The molecule has 1 heterocycles. The number of ether oxygens (including phenoxy) is 1. The number of benzene rings is 1. The topological polar surface area (TPSA) is 15.7 Å². The lowest BCUT2D eigenvalue weighted by molar-refractivity contribution is -0.0596. The number of likely N-dealkylation sites (N-methyl/N-ethyl adjacent to an activating group) is 2. The van der Waals surface area contributed by atoms with Gasteiger partial charge in [-0.25, -0.2) is 0 Å². The van der Waals surface area contributed by atoms with Gasteiger partial charge < -0.3 is 14.5 Å². The first-order chi connectivity index (χ1) is 11.8. The van der Waals surface area contributed by atoms with Crippen LogP contribution in [0, 0.1) is 11.3 Å². The zero-order valence-electron chi connectivity index (χ0n) is 16.8. The zero-order chi connectivity index (χ0) is 18.0. The van der Waals surface area contributed by atoms with Crippen LogP contribution in [-0.4, -0.2) is 56.2 Å². The SMILES string of the molecule is CCC(C)CN(C)[C@H]1C2N(C)CC23Cc2ccc(OC)cc2[C@@]1(C)C3. The lowest BCUT2D eigenvalue weighted by Crippen LogP contribution is -2.66. The summed E-state index contributed by atoms with van der Waals surface area (Å²) in [6.45, 7) is 9.67. The predicted molar refractivity (Wildman–Crippen MR) is 103 cm³/mol. The van der Waals surface area contributed by atoms with Crippen LogP contribution in [0.25, 0.3) is 0 Å². The van der Waals surface area contributed by atoms with E-state index in [1.54, 1.807) is 18.2 Å². The van der Waals surface area contributed by atoms with Crippen LogP contribution in [0.1, 0.15) is 44.7 Å². The van der Waals surface area contributed by atoms with Gasteiger partial charge in [-0.1, -0.05) is 33.3 Å². The molecule has 1 saturated carbocycles. The second kappa shape index (κ2) is 5.72. The van der Waals surface area contributed by atoms with E-state index in [0.29, 0.717) is 17.5 Å². The molecule has 4 rings (SSSR count). The molecule has 0 amide bonds. The first-order valence-corrected chi connectivity index (χ1v) is 9.92. The van der Waals surface area contributed by atoms with E-state index in [0.717, 1.165) is 11.7 Å². The second-order valence-corrected chi connectivity index (χ2v) is 9.41. The van der Waals surface area contributed by atoms with Gasteiger partial charge in [0, 0.05) is 36.0 Å². The summed E-state index contributed by atoms with van der Waals surface area (Å²) in [6, 6.07) is 8.09. The van der Waals surface area contributed by atoms with Gasteiger partial charge in [-0.05, 0) is 56.1 Å². The number of rotatable bonds is 5. The number of methoxy groups -OCH3 is 1. The van der Waals surface area contributed by atoms with Crippen molar-refractivity contribution in [2.45, 2.75) is 57.5 Å². The molecule has 0 aromatic heterocycles. The predicted octanol–water partition coefficient (Wildman–Crippen LogP) is 3.56. The molecule has 138 valence electrons. The van der Waals surface area contributed by atoms with E-state index in [-0.39, 0.29) is 5.41 Å². The Bertz CT molecular complexity index is 674. The molecule has 0 radical (unpaired) electrons. The van der Waals surface area contributed by atoms with Gasteiger partial charge in [0.25, 0.3) is 0 Å². The molecule has 3 aliphatic rings. The fourth-order valence-corrected chi connectivity index (χ4v) is 6.65. The molecule has 1 aliphatic heterocycles. The monoisotopic (exact) mass is 342 g/mol. The van der Waals surface area contributed by atoms with Crippen molar-refractivity contribution >= 4 is 0 Å². The first kappa shape index (κ1) is 17.4. The average molecular weight is 343 g/mol. The summed E-state index contributed by atoms with van der Waals surface area (Å²) >= 11 is 0. The molecule has 1 spiro atoms. The highest BCUT2D eigenvalue weighted by molar-refractivity contribution is 5.49. The van der Waals surface area contributed by atoms with Crippen molar-refractivity contribution in [1.82, 2.24) is 9.80 Å². The van der Waals surface area contributed by atoms with E-state index in [9.17, 15) is 0 Å². The molecule has 3 heteroatoms. The van der Waals surface area contributed by atoms with E-state index in [1.807, 2.05) is 0 Å². The van der Waals surface area contributed by atoms with Crippen molar-refractivity contribution in [2.75, 3.05) is 34.3 Å². The maximum absolute atomic E-state index is 5.57. The number of nitrogens with zero attached hydrogens (tertiary/aromatic N) is 2. The van der Waals surface area contributed by atoms with Crippen molar-refractivity contribution in [3.63, 3.8) is 0 Å². The molecule has 5 atom stereocenters. The first-order valence-electron chi connectivity index (χ1n) is 9.92. The fraction of sp³-hybridized carbons (Fsp3) is 0.727. The molecule has 0 N–H and O–H groups in total. The van der Waals surface area contributed by atoms with E-state index in [4.69, 9.17) is 4.74 Å². The van der Waals surface area contributed by atoms with Gasteiger partial charge in [0.15, 0.2) is 0 Å². The summed E-state index contributed by atoms with van der Waals surface area (Å²) in [4.78, 5) is 5.30. The molecule has 2 aliphatic carbocycles. The smallest absolute Gasteiger partial charge is 0.119 e. The van der Waals surface area contributed by atoms with E-state index < -0.39 is 0 Å². The number of hydrogen-bond donors (Lipinski definition) is 0. The Hall–Kier alpha value is -1.06. The third-order valence-electron chi connectivity index (χ3n) is 7.58. The summed E-state index contributed by atoms with van der Waals surface area (Å²) in [5.41, 5.74) is 3.81. The van der Waals surface area contributed by atoms with Gasteiger partial charge in [-0.15, -0.1) is 0 Å².